The Morgan fingerprint density at radius 1 is 1.65 bits per heavy atom. The van der Waals surface area contributed by atoms with Gasteiger partial charge in [0.1, 0.15) is 11.9 Å². The Morgan fingerprint density at radius 2 is 2.35 bits per heavy atom. The number of carbonyl (C=O) groups is 1. The molecule has 0 aliphatic heterocycles. The van der Waals surface area contributed by atoms with E-state index < -0.39 is 18.6 Å². The Hall–Kier alpha value is -1.50. The number of nitrogens with zero attached hydrogens (tertiary/aromatic N) is 2. The number of hydrogen-bond donors (Lipinski definition) is 2. The number of rotatable bonds is 6. The minimum absolute atomic E-state index is 0.0325. The average Bonchev–Trinajstić information content (AvgIpc) is 2.95. The van der Waals surface area contributed by atoms with E-state index in [2.05, 4.69) is 10.3 Å². The van der Waals surface area contributed by atoms with Gasteiger partial charge in [0.05, 0.1) is 6.54 Å². The molecule has 5 nitrogen and oxygen atoms in total. The second-order valence-corrected chi connectivity index (χ2v) is 4.06. The maximum atomic E-state index is 12.5. The van der Waals surface area contributed by atoms with Crippen LogP contribution < -0.4 is 5.32 Å². The number of aromatic nitrogens is 2. The maximum absolute atomic E-state index is 12.5. The van der Waals surface area contributed by atoms with Crippen molar-refractivity contribution in [2.75, 3.05) is 0 Å². The Morgan fingerprint density at radius 3 is 2.88 bits per heavy atom. The standard InChI is InChI=1S/C10H13F2N3O2/c11-10(12)15-4-3-13-7(15)5-14-8(9(16)17)6-1-2-6/h3-4,6,8,10,14H,1-2,5H2,(H,16,17). The van der Waals surface area contributed by atoms with Crippen molar-refractivity contribution in [3.63, 3.8) is 0 Å². The zero-order valence-electron chi connectivity index (χ0n) is 9.01. The molecule has 1 aliphatic rings. The number of carboxylic acids is 1. The monoisotopic (exact) mass is 245 g/mol. The first kappa shape index (κ1) is 12.0. The maximum Gasteiger partial charge on any atom is 0.320 e. The number of imidazole rings is 1. The van der Waals surface area contributed by atoms with E-state index in [1.807, 2.05) is 0 Å². The van der Waals surface area contributed by atoms with Gasteiger partial charge in [0.15, 0.2) is 0 Å². The summed E-state index contributed by atoms with van der Waals surface area (Å²) in [6.45, 7) is -2.62. The Kier molecular flexibility index (Phi) is 3.37. The van der Waals surface area contributed by atoms with Crippen molar-refractivity contribution in [1.29, 1.82) is 0 Å². The van der Waals surface area contributed by atoms with Crippen LogP contribution in [0.3, 0.4) is 0 Å². The number of carboxylic acid groups (broad SMARTS) is 1. The lowest BCUT2D eigenvalue weighted by molar-refractivity contribution is -0.140. The van der Waals surface area contributed by atoms with Gasteiger partial charge in [0, 0.05) is 12.4 Å². The molecule has 0 amide bonds. The number of aliphatic carboxylic acids is 1. The van der Waals surface area contributed by atoms with Gasteiger partial charge in [0.25, 0.3) is 0 Å². The highest BCUT2D eigenvalue weighted by atomic mass is 19.3. The van der Waals surface area contributed by atoms with Gasteiger partial charge in [-0.2, -0.15) is 8.78 Å². The minimum Gasteiger partial charge on any atom is -0.480 e. The first-order chi connectivity index (χ1) is 8.09. The summed E-state index contributed by atoms with van der Waals surface area (Å²) >= 11 is 0. The van der Waals surface area contributed by atoms with E-state index in [9.17, 15) is 13.6 Å². The normalized spacial score (nSPS) is 17.4. The number of halogens is 2. The molecule has 1 saturated carbocycles. The van der Waals surface area contributed by atoms with Crippen LogP contribution in [0.1, 0.15) is 25.2 Å². The van der Waals surface area contributed by atoms with Gasteiger partial charge in [-0.25, -0.2) is 4.98 Å². The summed E-state index contributed by atoms with van der Waals surface area (Å²) in [5.41, 5.74) is 0. The molecule has 7 heteroatoms. The van der Waals surface area contributed by atoms with E-state index in [1.54, 1.807) is 0 Å². The van der Waals surface area contributed by atoms with Crippen molar-refractivity contribution < 1.29 is 18.7 Å². The van der Waals surface area contributed by atoms with Crippen molar-refractivity contribution in [2.24, 2.45) is 5.92 Å². The number of alkyl halides is 2. The van der Waals surface area contributed by atoms with Crippen molar-refractivity contribution in [3.8, 4) is 0 Å². The molecule has 1 atom stereocenters. The van der Waals surface area contributed by atoms with Crippen LogP contribution in [0.5, 0.6) is 0 Å². The molecule has 2 rings (SSSR count). The van der Waals surface area contributed by atoms with Crippen LogP contribution in [0.15, 0.2) is 12.4 Å². The molecule has 1 heterocycles. The summed E-state index contributed by atoms with van der Waals surface area (Å²) in [6, 6.07) is -0.669. The summed E-state index contributed by atoms with van der Waals surface area (Å²) in [5.74, 6) is -0.683. The molecule has 0 spiro atoms. The molecule has 94 valence electrons. The van der Waals surface area contributed by atoms with Crippen molar-refractivity contribution in [1.82, 2.24) is 14.9 Å². The topological polar surface area (TPSA) is 67.2 Å². The highest BCUT2D eigenvalue weighted by Gasteiger charge is 2.36. The highest BCUT2D eigenvalue weighted by molar-refractivity contribution is 5.74. The molecule has 1 aromatic heterocycles. The largest absolute Gasteiger partial charge is 0.480 e. The average molecular weight is 245 g/mol. The Balaban J connectivity index is 1.96. The smallest absolute Gasteiger partial charge is 0.320 e. The van der Waals surface area contributed by atoms with Crippen molar-refractivity contribution >= 4 is 5.97 Å². The molecule has 17 heavy (non-hydrogen) atoms. The van der Waals surface area contributed by atoms with Gasteiger partial charge in [-0.1, -0.05) is 0 Å². The Labute approximate surface area is 96.5 Å². The lowest BCUT2D eigenvalue weighted by Gasteiger charge is -2.13. The van der Waals surface area contributed by atoms with E-state index in [-0.39, 0.29) is 18.3 Å². The molecular formula is C10H13F2N3O2. The second-order valence-electron chi connectivity index (χ2n) is 4.06. The number of hydrogen-bond acceptors (Lipinski definition) is 3. The molecule has 0 aromatic carbocycles. The van der Waals surface area contributed by atoms with Gasteiger partial charge in [-0.3, -0.25) is 14.7 Å². The van der Waals surface area contributed by atoms with E-state index in [0.717, 1.165) is 17.4 Å². The fourth-order valence-electron chi connectivity index (χ4n) is 1.74. The molecule has 2 N–H and O–H groups in total. The second kappa shape index (κ2) is 4.79. The molecule has 1 unspecified atom stereocenters. The molecule has 1 aromatic rings. The van der Waals surface area contributed by atoms with Crippen LogP contribution in [0.25, 0.3) is 0 Å². The molecular weight excluding hydrogens is 232 g/mol. The van der Waals surface area contributed by atoms with Gasteiger partial charge in [-0.05, 0) is 18.8 Å². The van der Waals surface area contributed by atoms with Crippen LogP contribution in [-0.2, 0) is 11.3 Å². The van der Waals surface area contributed by atoms with Gasteiger partial charge in [-0.15, -0.1) is 0 Å². The molecule has 0 saturated heterocycles. The third-order valence-electron chi connectivity index (χ3n) is 2.80. The van der Waals surface area contributed by atoms with Crippen LogP contribution in [0, 0.1) is 5.92 Å². The zero-order valence-corrected chi connectivity index (χ0v) is 9.01. The lowest BCUT2D eigenvalue weighted by Crippen LogP contribution is -2.38. The summed E-state index contributed by atoms with van der Waals surface area (Å²) in [4.78, 5) is 14.7. The quantitative estimate of drug-likeness (QED) is 0.791. The zero-order chi connectivity index (χ0) is 12.4. The third-order valence-corrected chi connectivity index (χ3v) is 2.80. The lowest BCUT2D eigenvalue weighted by atomic mass is 10.2. The first-order valence-electron chi connectivity index (χ1n) is 5.35. The summed E-state index contributed by atoms with van der Waals surface area (Å²) in [7, 11) is 0. The van der Waals surface area contributed by atoms with Gasteiger partial charge >= 0.3 is 12.5 Å². The highest BCUT2D eigenvalue weighted by Crippen LogP contribution is 2.32. The van der Waals surface area contributed by atoms with E-state index >= 15 is 0 Å². The van der Waals surface area contributed by atoms with Crippen LogP contribution in [0.4, 0.5) is 8.78 Å². The minimum atomic E-state index is -2.65. The van der Waals surface area contributed by atoms with Crippen molar-refractivity contribution in [2.45, 2.75) is 32.0 Å². The van der Waals surface area contributed by atoms with Crippen LogP contribution in [0.2, 0.25) is 0 Å². The molecule has 0 radical (unpaired) electrons. The van der Waals surface area contributed by atoms with Crippen LogP contribution in [-0.4, -0.2) is 26.7 Å². The Bertz CT molecular complexity index is 404. The van der Waals surface area contributed by atoms with Crippen LogP contribution >= 0.6 is 0 Å². The summed E-state index contributed by atoms with van der Waals surface area (Å²) in [5, 5.41) is 11.7. The predicted molar refractivity (Wildman–Crippen MR) is 54.5 cm³/mol. The van der Waals surface area contributed by atoms with Gasteiger partial charge in [0.2, 0.25) is 0 Å². The first-order valence-corrected chi connectivity index (χ1v) is 5.35. The summed E-state index contributed by atoms with van der Waals surface area (Å²) < 4.78 is 25.7. The summed E-state index contributed by atoms with van der Waals surface area (Å²) in [6.07, 6.45) is 4.19. The van der Waals surface area contributed by atoms with Gasteiger partial charge < -0.3 is 5.11 Å². The number of nitrogens with one attached hydrogen (secondary N) is 1. The van der Waals surface area contributed by atoms with E-state index in [0.29, 0.717) is 0 Å². The fourth-order valence-corrected chi connectivity index (χ4v) is 1.74. The van der Waals surface area contributed by atoms with E-state index in [1.165, 1.54) is 12.4 Å². The SMILES string of the molecule is O=C(O)C(NCc1nccn1C(F)F)C1CC1. The van der Waals surface area contributed by atoms with Crippen molar-refractivity contribution in [3.05, 3.63) is 18.2 Å². The fraction of sp³-hybridized carbons (Fsp3) is 0.600. The molecule has 0 bridgehead atoms. The predicted octanol–water partition coefficient (Wildman–Crippen LogP) is 1.23. The third kappa shape index (κ3) is 2.79. The molecule has 1 aliphatic carbocycles. The van der Waals surface area contributed by atoms with E-state index in [4.69, 9.17) is 5.11 Å². The molecule has 1 fully saturated rings.